The first-order valence-electron chi connectivity index (χ1n) is 11.9. The van der Waals surface area contributed by atoms with E-state index in [1.165, 1.54) is 0 Å². The number of nitrogens with zero attached hydrogens (tertiary/aromatic N) is 2. The van der Waals surface area contributed by atoms with Gasteiger partial charge in [-0.25, -0.2) is 0 Å². The van der Waals surface area contributed by atoms with Crippen molar-refractivity contribution in [1.29, 1.82) is 0 Å². The number of pyridine rings is 1. The Bertz CT molecular complexity index is 1610. The Labute approximate surface area is 236 Å². The fraction of sp³-hybridized carbons (Fsp3) is 0.320. The molecular formula is C25H28ClN2O6S4+. The number of fused-ring (bicyclic) bond motifs is 2. The Morgan fingerprint density at radius 3 is 2.53 bits per heavy atom. The van der Waals surface area contributed by atoms with E-state index >= 15 is 0 Å². The van der Waals surface area contributed by atoms with E-state index in [0.717, 1.165) is 44.1 Å². The van der Waals surface area contributed by atoms with Gasteiger partial charge in [0.1, 0.15) is 6.54 Å². The van der Waals surface area contributed by atoms with Gasteiger partial charge >= 0.3 is 0 Å². The highest BCUT2D eigenvalue weighted by atomic mass is 35.5. The van der Waals surface area contributed by atoms with E-state index in [1.54, 1.807) is 23.1 Å². The maximum atomic E-state index is 11.3. The minimum Gasteiger partial charge on any atom is -0.335 e. The topological polar surface area (TPSA) is 116 Å². The van der Waals surface area contributed by atoms with Crippen LogP contribution in [0.15, 0.2) is 62.8 Å². The van der Waals surface area contributed by atoms with Crippen molar-refractivity contribution >= 4 is 77.6 Å². The third-order valence-corrected chi connectivity index (χ3v) is 9.72. The lowest BCUT2D eigenvalue weighted by Gasteiger charge is -2.21. The molecule has 1 aliphatic heterocycles. The third-order valence-electron chi connectivity index (χ3n) is 6.03. The molecule has 2 N–H and O–H groups in total. The summed E-state index contributed by atoms with van der Waals surface area (Å²) in [6.07, 6.45) is 7.48. The molecule has 1 aromatic carbocycles. The first-order valence-corrected chi connectivity index (χ1v) is 17.2. The number of thiophene rings is 1. The van der Waals surface area contributed by atoms with Crippen LogP contribution in [0.1, 0.15) is 31.7 Å². The highest BCUT2D eigenvalue weighted by Gasteiger charge is 2.26. The summed E-state index contributed by atoms with van der Waals surface area (Å²) in [6.45, 7) is 2.95. The van der Waals surface area contributed by atoms with Crippen LogP contribution in [-0.4, -0.2) is 44.0 Å². The summed E-state index contributed by atoms with van der Waals surface area (Å²) in [5.74, 6) is -0.606. The van der Waals surface area contributed by atoms with Crippen LogP contribution in [0.25, 0.3) is 17.0 Å². The normalized spacial score (nSPS) is 15.5. The van der Waals surface area contributed by atoms with Gasteiger partial charge in [-0.05, 0) is 48.3 Å². The van der Waals surface area contributed by atoms with Crippen LogP contribution in [0.2, 0.25) is 5.02 Å². The molecule has 3 heterocycles. The van der Waals surface area contributed by atoms with E-state index in [2.05, 4.69) is 24.5 Å². The minimum atomic E-state index is -4.05. The zero-order valence-electron chi connectivity index (χ0n) is 20.6. The summed E-state index contributed by atoms with van der Waals surface area (Å²) >= 11 is 9.40. The third kappa shape index (κ3) is 7.59. The number of thioether (sulfide) groups is 1. The van der Waals surface area contributed by atoms with E-state index in [4.69, 9.17) is 16.2 Å². The van der Waals surface area contributed by atoms with E-state index in [0.29, 0.717) is 24.5 Å². The van der Waals surface area contributed by atoms with Crippen LogP contribution in [0.3, 0.4) is 0 Å². The number of benzene rings is 1. The molecule has 2 aromatic heterocycles. The lowest BCUT2D eigenvalue weighted by Crippen LogP contribution is -2.34. The fourth-order valence-electron chi connectivity index (χ4n) is 4.23. The maximum Gasteiger partial charge on any atom is 0.265 e. The van der Waals surface area contributed by atoms with Crippen LogP contribution in [-0.2, 0) is 26.8 Å². The smallest absolute Gasteiger partial charge is 0.265 e. The van der Waals surface area contributed by atoms with E-state index in [1.807, 2.05) is 45.3 Å². The van der Waals surface area contributed by atoms with Crippen molar-refractivity contribution in [3.05, 3.63) is 68.5 Å². The largest absolute Gasteiger partial charge is 0.335 e. The number of aryl methyl sites for hydroxylation is 1. The van der Waals surface area contributed by atoms with E-state index in [9.17, 15) is 21.4 Å². The summed E-state index contributed by atoms with van der Waals surface area (Å²) in [6, 6.07) is 7.63. The van der Waals surface area contributed by atoms with Crippen molar-refractivity contribution in [3.63, 3.8) is 0 Å². The van der Waals surface area contributed by atoms with Gasteiger partial charge in [-0.3, -0.25) is 9.11 Å². The molecule has 0 bridgehead atoms. The Balaban J connectivity index is 1.63. The van der Waals surface area contributed by atoms with Gasteiger partial charge in [0, 0.05) is 34.3 Å². The zero-order chi connectivity index (χ0) is 27.5. The van der Waals surface area contributed by atoms with Gasteiger partial charge in [0.15, 0.2) is 6.20 Å². The van der Waals surface area contributed by atoms with Crippen molar-refractivity contribution in [3.8, 4) is 0 Å². The predicted octanol–water partition coefficient (Wildman–Crippen LogP) is 5.65. The van der Waals surface area contributed by atoms with Gasteiger partial charge in [-0.15, -0.1) is 11.3 Å². The molecule has 0 unspecified atom stereocenters. The van der Waals surface area contributed by atoms with Crippen molar-refractivity contribution < 1.29 is 30.5 Å². The second kappa shape index (κ2) is 12.1. The average molecular weight is 616 g/mol. The highest BCUT2D eigenvalue weighted by Crippen LogP contribution is 2.47. The van der Waals surface area contributed by atoms with Crippen molar-refractivity contribution in [2.75, 3.05) is 23.0 Å². The molecule has 0 spiro atoms. The maximum absolute atomic E-state index is 11.3. The molecule has 204 valence electrons. The number of allylic oxidation sites excluding steroid dienone is 2. The van der Waals surface area contributed by atoms with Crippen molar-refractivity contribution in [2.45, 2.75) is 37.6 Å². The van der Waals surface area contributed by atoms with Gasteiger partial charge in [0.2, 0.25) is 5.52 Å². The molecule has 0 aliphatic carbocycles. The second-order valence-corrected chi connectivity index (χ2v) is 14.2. The molecule has 0 atom stereocenters. The fourth-order valence-corrected chi connectivity index (χ4v) is 7.38. The molecule has 8 nitrogen and oxygen atoms in total. The Kier molecular flexibility index (Phi) is 9.23. The van der Waals surface area contributed by atoms with E-state index in [-0.39, 0.29) is 17.9 Å². The van der Waals surface area contributed by atoms with Gasteiger partial charge in [-0.2, -0.15) is 21.4 Å². The number of halogens is 1. The standard InChI is InChI=1S/C25H27ClN2O6S4/c1-2-18(13-19-7-10-27(8-3-11-37(29,30)31)23-17-35-16-21(19)23)14-25-28(9-4-12-38(32,33)34)22-15-20(26)5-6-24(22)36-25/h5-7,10,13-17H,2-4,8-9,11-12H2,1H3,(H-,29,30,31,32,33,34)/p+1. The molecule has 0 radical (unpaired) electrons. The van der Waals surface area contributed by atoms with Crippen LogP contribution < -0.4 is 9.47 Å². The number of hydrogen-bond acceptors (Lipinski definition) is 7. The molecule has 0 saturated carbocycles. The number of hydrogen-bond donors (Lipinski definition) is 2. The van der Waals surface area contributed by atoms with E-state index < -0.39 is 20.2 Å². The molecule has 0 fully saturated rings. The molecular weight excluding hydrogens is 588 g/mol. The Hall–Kier alpha value is -1.93. The van der Waals surface area contributed by atoms with Crippen molar-refractivity contribution in [2.24, 2.45) is 0 Å². The average Bonchev–Trinajstić information content (AvgIpc) is 3.44. The quantitative estimate of drug-likeness (QED) is 0.210. The molecule has 13 heteroatoms. The monoisotopic (exact) mass is 615 g/mol. The molecule has 38 heavy (non-hydrogen) atoms. The van der Waals surface area contributed by atoms with Crippen LogP contribution in [0, 0.1) is 0 Å². The van der Waals surface area contributed by atoms with Gasteiger partial charge in [0.25, 0.3) is 20.2 Å². The van der Waals surface area contributed by atoms with Crippen molar-refractivity contribution in [1.82, 2.24) is 0 Å². The van der Waals surface area contributed by atoms with Crippen LogP contribution in [0.4, 0.5) is 5.69 Å². The first-order chi connectivity index (χ1) is 17.9. The van der Waals surface area contributed by atoms with Gasteiger partial charge < -0.3 is 4.90 Å². The summed E-state index contributed by atoms with van der Waals surface area (Å²) in [5, 5.41) is 6.67. The predicted molar refractivity (Wildman–Crippen MR) is 155 cm³/mol. The van der Waals surface area contributed by atoms with Crippen LogP contribution in [0.5, 0.6) is 0 Å². The summed E-state index contributed by atoms with van der Waals surface area (Å²) in [4.78, 5) is 3.06. The van der Waals surface area contributed by atoms with Gasteiger partial charge in [-0.1, -0.05) is 36.4 Å². The number of rotatable bonds is 11. The number of anilines is 1. The minimum absolute atomic E-state index is 0.264. The molecule has 3 aromatic rings. The number of aromatic nitrogens is 1. The molecule has 0 saturated heterocycles. The van der Waals surface area contributed by atoms with Crippen LogP contribution >= 0.6 is 34.7 Å². The summed E-state index contributed by atoms with van der Waals surface area (Å²) in [7, 11) is -8.05. The second-order valence-electron chi connectivity index (χ2n) is 8.84. The molecule has 4 rings (SSSR count). The lowest BCUT2D eigenvalue weighted by molar-refractivity contribution is -0.671. The molecule has 0 amide bonds. The Morgan fingerprint density at radius 1 is 1.08 bits per heavy atom. The first kappa shape index (κ1) is 29.1. The van der Waals surface area contributed by atoms with Gasteiger partial charge in [0.05, 0.1) is 33.0 Å². The highest BCUT2D eigenvalue weighted by molar-refractivity contribution is 8.03. The zero-order valence-corrected chi connectivity index (χ0v) is 24.6. The SMILES string of the molecule is CCC(=Cc1cc[n+](CCCS(=O)(=O)O)c2cscc12)C=C1Sc2ccc(Cl)cc2N1CCCS(=O)(=O)O. The molecule has 1 aliphatic rings. The lowest BCUT2D eigenvalue weighted by atomic mass is 10.1. The summed E-state index contributed by atoms with van der Waals surface area (Å²) in [5.41, 5.74) is 4.00. The summed E-state index contributed by atoms with van der Waals surface area (Å²) < 4.78 is 64.9. The Morgan fingerprint density at radius 2 is 1.82 bits per heavy atom.